The van der Waals surface area contributed by atoms with Crippen molar-refractivity contribution in [2.24, 2.45) is 5.92 Å². The third-order valence-corrected chi connectivity index (χ3v) is 2.40. The summed E-state index contributed by atoms with van der Waals surface area (Å²) in [4.78, 5) is 13.2. The van der Waals surface area contributed by atoms with Gasteiger partial charge in [-0.15, -0.1) is 0 Å². The molecule has 0 aromatic carbocycles. The Labute approximate surface area is 99.9 Å². The lowest BCUT2D eigenvalue weighted by molar-refractivity contribution is -0.137. The highest BCUT2D eigenvalue weighted by Gasteiger charge is 2.30. The number of rotatable bonds is 3. The van der Waals surface area contributed by atoms with Gasteiger partial charge in [0.1, 0.15) is 5.60 Å². The molecule has 0 saturated carbocycles. The summed E-state index contributed by atoms with van der Waals surface area (Å²) in [6.45, 7) is 3.56. The summed E-state index contributed by atoms with van der Waals surface area (Å²) in [5.74, 6) is -0.0310. The molecule has 100 valence electrons. The Morgan fingerprint density at radius 1 is 1.47 bits per heavy atom. The first-order chi connectivity index (χ1) is 7.78. The molecule has 1 fully saturated rings. The van der Waals surface area contributed by atoms with Crippen molar-refractivity contribution in [1.82, 2.24) is 4.90 Å². The van der Waals surface area contributed by atoms with Crippen molar-refractivity contribution in [2.75, 3.05) is 19.7 Å². The number of halogens is 2. The molecule has 0 unspecified atom stereocenters. The minimum absolute atomic E-state index is 0.0169. The van der Waals surface area contributed by atoms with Gasteiger partial charge in [-0.3, -0.25) is 0 Å². The van der Waals surface area contributed by atoms with Gasteiger partial charge in [0.15, 0.2) is 0 Å². The number of nitrogens with zero attached hydrogens (tertiary/aromatic N) is 1. The fraction of sp³-hybridized carbons (Fsp3) is 0.909. The van der Waals surface area contributed by atoms with Crippen LogP contribution in [0.3, 0.4) is 0 Å². The summed E-state index contributed by atoms with van der Waals surface area (Å²) < 4.78 is 33.1. The van der Waals surface area contributed by atoms with Crippen molar-refractivity contribution in [3.8, 4) is 0 Å². The van der Waals surface area contributed by atoms with Crippen molar-refractivity contribution < 1.29 is 23.0 Å². The smallest absolute Gasteiger partial charge is 0.410 e. The Kier molecular flexibility index (Phi) is 4.68. The van der Waals surface area contributed by atoms with Gasteiger partial charge in [-0.1, -0.05) is 0 Å². The van der Waals surface area contributed by atoms with Crippen molar-refractivity contribution in [2.45, 2.75) is 39.4 Å². The molecule has 0 aromatic heterocycles. The molecule has 1 amide bonds. The molecule has 1 heterocycles. The van der Waals surface area contributed by atoms with Crippen LogP contribution in [0.4, 0.5) is 13.6 Å². The molecule has 0 aromatic rings. The van der Waals surface area contributed by atoms with Crippen LogP contribution in [0.1, 0.15) is 27.2 Å². The highest BCUT2D eigenvalue weighted by molar-refractivity contribution is 5.68. The normalized spacial score (nSPS) is 21.1. The first-order valence-corrected chi connectivity index (χ1v) is 5.65. The second-order valence-electron chi connectivity index (χ2n) is 5.18. The van der Waals surface area contributed by atoms with Gasteiger partial charge < -0.3 is 14.4 Å². The number of amides is 1. The average molecular weight is 251 g/mol. The molecule has 17 heavy (non-hydrogen) atoms. The van der Waals surface area contributed by atoms with Crippen LogP contribution in [0.15, 0.2) is 0 Å². The van der Waals surface area contributed by atoms with Crippen LogP contribution in [0.5, 0.6) is 0 Å². The van der Waals surface area contributed by atoms with E-state index in [2.05, 4.69) is 4.74 Å². The zero-order valence-corrected chi connectivity index (χ0v) is 10.4. The van der Waals surface area contributed by atoms with Gasteiger partial charge in [0.25, 0.3) is 0 Å². The summed E-state index contributed by atoms with van der Waals surface area (Å²) >= 11 is 0. The molecule has 1 aliphatic rings. The molecule has 1 rings (SSSR count). The SMILES string of the molecule is CC(C)(C)OC(=O)N1CC[C@H](COC(F)F)C1. The number of alkyl halides is 2. The van der Waals surface area contributed by atoms with Crippen LogP contribution in [-0.4, -0.2) is 42.9 Å². The largest absolute Gasteiger partial charge is 0.444 e. The van der Waals surface area contributed by atoms with Gasteiger partial charge in [-0.05, 0) is 27.2 Å². The van der Waals surface area contributed by atoms with Gasteiger partial charge >= 0.3 is 12.7 Å². The highest BCUT2D eigenvalue weighted by atomic mass is 19.3. The first-order valence-electron chi connectivity index (χ1n) is 5.65. The van der Waals surface area contributed by atoms with E-state index in [0.717, 1.165) is 0 Å². The Morgan fingerprint density at radius 3 is 2.65 bits per heavy atom. The second-order valence-corrected chi connectivity index (χ2v) is 5.18. The maximum absolute atomic E-state index is 11.8. The third-order valence-electron chi connectivity index (χ3n) is 2.40. The van der Waals surface area contributed by atoms with Crippen molar-refractivity contribution in [3.05, 3.63) is 0 Å². The molecule has 0 aliphatic carbocycles. The highest BCUT2D eigenvalue weighted by Crippen LogP contribution is 2.20. The van der Waals surface area contributed by atoms with E-state index in [4.69, 9.17) is 4.74 Å². The minimum Gasteiger partial charge on any atom is -0.444 e. The molecule has 0 bridgehead atoms. The van der Waals surface area contributed by atoms with E-state index in [-0.39, 0.29) is 12.5 Å². The summed E-state index contributed by atoms with van der Waals surface area (Å²) in [7, 11) is 0. The molecular weight excluding hydrogens is 232 g/mol. The first kappa shape index (κ1) is 14.2. The molecule has 0 radical (unpaired) electrons. The fourth-order valence-corrected chi connectivity index (χ4v) is 1.67. The molecule has 6 heteroatoms. The van der Waals surface area contributed by atoms with Gasteiger partial charge in [-0.2, -0.15) is 8.78 Å². The molecule has 4 nitrogen and oxygen atoms in total. The second kappa shape index (κ2) is 5.62. The van der Waals surface area contributed by atoms with Crippen molar-refractivity contribution in [3.63, 3.8) is 0 Å². The molecule has 0 spiro atoms. The Balaban J connectivity index is 2.32. The maximum atomic E-state index is 11.8. The minimum atomic E-state index is -2.74. The summed E-state index contributed by atoms with van der Waals surface area (Å²) in [5.41, 5.74) is -0.533. The molecular formula is C11H19F2NO3. The van der Waals surface area contributed by atoms with Gasteiger partial charge in [0.05, 0.1) is 6.61 Å². The Bertz CT molecular complexity index is 266. The lowest BCUT2D eigenvalue weighted by Gasteiger charge is -2.24. The van der Waals surface area contributed by atoms with E-state index in [1.807, 2.05) is 0 Å². The number of hydrogen-bond donors (Lipinski definition) is 0. The number of ether oxygens (including phenoxy) is 2. The standard InChI is InChI=1S/C11H19F2NO3/c1-11(2,3)17-10(15)14-5-4-8(6-14)7-16-9(12)13/h8-9H,4-7H2,1-3H3/t8-/m0/s1. The monoisotopic (exact) mass is 251 g/mol. The maximum Gasteiger partial charge on any atom is 0.410 e. The number of carbonyl (C=O) groups is 1. The van der Waals surface area contributed by atoms with Crippen LogP contribution in [0, 0.1) is 5.92 Å². The predicted molar refractivity (Wildman–Crippen MR) is 57.9 cm³/mol. The van der Waals surface area contributed by atoms with Gasteiger partial charge in [0.2, 0.25) is 0 Å². The van der Waals surface area contributed by atoms with Crippen LogP contribution in [0.2, 0.25) is 0 Å². The Hall–Kier alpha value is -0.910. The topological polar surface area (TPSA) is 38.8 Å². The summed E-state index contributed by atoms with van der Waals surface area (Å²) in [5, 5.41) is 0. The molecule has 0 N–H and O–H groups in total. The lowest BCUT2D eigenvalue weighted by Crippen LogP contribution is -2.35. The lowest BCUT2D eigenvalue weighted by atomic mass is 10.1. The van der Waals surface area contributed by atoms with Crippen LogP contribution < -0.4 is 0 Å². The third kappa shape index (κ3) is 5.30. The zero-order valence-electron chi connectivity index (χ0n) is 10.4. The predicted octanol–water partition coefficient (Wildman–Crippen LogP) is 2.48. The van der Waals surface area contributed by atoms with Crippen LogP contribution >= 0.6 is 0 Å². The van der Waals surface area contributed by atoms with E-state index in [1.165, 1.54) is 4.90 Å². The van der Waals surface area contributed by atoms with Crippen LogP contribution in [0.25, 0.3) is 0 Å². The zero-order chi connectivity index (χ0) is 13.1. The van der Waals surface area contributed by atoms with Gasteiger partial charge in [-0.25, -0.2) is 4.79 Å². The van der Waals surface area contributed by atoms with Crippen LogP contribution in [-0.2, 0) is 9.47 Å². The van der Waals surface area contributed by atoms with E-state index in [9.17, 15) is 13.6 Å². The van der Waals surface area contributed by atoms with E-state index in [1.54, 1.807) is 20.8 Å². The molecule has 1 atom stereocenters. The Morgan fingerprint density at radius 2 is 2.12 bits per heavy atom. The quantitative estimate of drug-likeness (QED) is 0.773. The van der Waals surface area contributed by atoms with E-state index >= 15 is 0 Å². The average Bonchev–Trinajstić information content (AvgIpc) is 2.60. The fourth-order valence-electron chi connectivity index (χ4n) is 1.67. The number of likely N-dealkylation sites (tertiary alicyclic amines) is 1. The van der Waals surface area contributed by atoms with Crippen molar-refractivity contribution >= 4 is 6.09 Å². The number of hydrogen-bond acceptors (Lipinski definition) is 3. The summed E-state index contributed by atoms with van der Waals surface area (Å²) in [6.07, 6.45) is 0.281. The van der Waals surface area contributed by atoms with E-state index in [0.29, 0.717) is 19.5 Å². The molecule has 1 aliphatic heterocycles. The van der Waals surface area contributed by atoms with Crippen molar-refractivity contribution in [1.29, 1.82) is 0 Å². The number of carbonyl (C=O) groups excluding carboxylic acids is 1. The molecule has 1 saturated heterocycles. The summed E-state index contributed by atoms with van der Waals surface area (Å²) in [6, 6.07) is 0. The van der Waals surface area contributed by atoms with E-state index < -0.39 is 18.3 Å². The van der Waals surface area contributed by atoms with Gasteiger partial charge in [0, 0.05) is 19.0 Å².